The monoisotopic (exact) mass is 504 g/mol. The summed E-state index contributed by atoms with van der Waals surface area (Å²) in [5.74, 6) is -0.285. The smallest absolute Gasteiger partial charge is 0.312 e. The Bertz CT molecular complexity index is 948. The molecule has 0 aromatic carbocycles. The Kier molecular flexibility index (Phi) is 5.93. The van der Waals surface area contributed by atoms with E-state index in [1.165, 1.54) is 0 Å². The van der Waals surface area contributed by atoms with E-state index in [4.69, 9.17) is 0 Å². The number of carbonyl (C=O) groups is 2. The second-order valence-corrected chi connectivity index (χ2v) is 14.6. The molecule has 5 rings (SSSR count). The number of Topliss-reactive ketones (excluding diaryl/α,β-unsaturated/α-hetero) is 1. The first kappa shape index (κ1) is 26.6. The standard InChI is InChI=1S/C30H48O6/c1-16(2)19(31)13-20(32)17(3)18-9-10-27(5)21-7-8-22-28(6,25(35)36)23(33)14-24(34)30(22)15-29(21,30)12-11-26(18,27)4/h16-18,20-24,32-34H,7-15H2,1-6H3,(H,35,36)/t17-,18+,20+,21-,22-,23-,24-,26+,27-,28-,29-,30+/m0/s1. The molecule has 0 aromatic rings. The molecule has 0 amide bonds. The van der Waals surface area contributed by atoms with Crippen LogP contribution in [0.5, 0.6) is 0 Å². The molecule has 0 aliphatic heterocycles. The Morgan fingerprint density at radius 2 is 1.53 bits per heavy atom. The fourth-order valence-electron chi connectivity index (χ4n) is 11.1. The number of hydrogen-bond acceptors (Lipinski definition) is 5. The van der Waals surface area contributed by atoms with Gasteiger partial charge >= 0.3 is 5.97 Å². The van der Waals surface area contributed by atoms with Crippen LogP contribution in [-0.4, -0.2) is 50.5 Å². The van der Waals surface area contributed by atoms with E-state index in [-0.39, 0.29) is 52.6 Å². The van der Waals surface area contributed by atoms with Crippen molar-refractivity contribution in [2.45, 2.75) is 118 Å². The summed E-state index contributed by atoms with van der Waals surface area (Å²) in [5, 5.41) is 43.6. The Morgan fingerprint density at radius 3 is 2.14 bits per heavy atom. The number of aliphatic hydroxyl groups is 3. The summed E-state index contributed by atoms with van der Waals surface area (Å²) in [4.78, 5) is 24.9. The maximum absolute atomic E-state index is 12.5. The number of fused-ring (bicyclic) bond motifs is 2. The minimum Gasteiger partial charge on any atom is -0.481 e. The van der Waals surface area contributed by atoms with Crippen molar-refractivity contribution in [2.24, 2.45) is 56.7 Å². The third-order valence-electron chi connectivity index (χ3n) is 13.6. The van der Waals surface area contributed by atoms with Gasteiger partial charge in [-0.15, -0.1) is 0 Å². The molecule has 36 heavy (non-hydrogen) atoms. The van der Waals surface area contributed by atoms with E-state index in [2.05, 4.69) is 20.8 Å². The predicted molar refractivity (Wildman–Crippen MR) is 136 cm³/mol. The van der Waals surface area contributed by atoms with E-state index in [9.17, 15) is 30.0 Å². The number of rotatable bonds is 6. The molecule has 0 radical (unpaired) electrons. The second-order valence-electron chi connectivity index (χ2n) is 14.6. The molecule has 0 heterocycles. The summed E-state index contributed by atoms with van der Waals surface area (Å²) in [5.41, 5.74) is -1.58. The Morgan fingerprint density at radius 1 is 0.889 bits per heavy atom. The molecule has 6 nitrogen and oxygen atoms in total. The molecule has 5 aliphatic carbocycles. The van der Waals surface area contributed by atoms with E-state index in [1.54, 1.807) is 6.92 Å². The molecule has 5 fully saturated rings. The van der Waals surface area contributed by atoms with Crippen LogP contribution >= 0.6 is 0 Å². The molecule has 204 valence electrons. The topological polar surface area (TPSA) is 115 Å². The highest BCUT2D eigenvalue weighted by Gasteiger charge is 2.85. The van der Waals surface area contributed by atoms with Gasteiger partial charge in [-0.25, -0.2) is 0 Å². The summed E-state index contributed by atoms with van der Waals surface area (Å²) in [6, 6.07) is 0. The molecule has 0 saturated heterocycles. The molecular weight excluding hydrogens is 456 g/mol. The van der Waals surface area contributed by atoms with Crippen LogP contribution < -0.4 is 0 Å². The number of aliphatic carboxylic acids is 1. The van der Waals surface area contributed by atoms with Gasteiger partial charge in [-0.2, -0.15) is 0 Å². The van der Waals surface area contributed by atoms with Crippen molar-refractivity contribution in [3.05, 3.63) is 0 Å². The number of ketones is 1. The third-order valence-corrected chi connectivity index (χ3v) is 13.6. The molecule has 2 spiro atoms. The zero-order valence-electron chi connectivity index (χ0n) is 23.1. The molecule has 0 unspecified atom stereocenters. The first-order valence-corrected chi connectivity index (χ1v) is 14.4. The van der Waals surface area contributed by atoms with Gasteiger partial charge in [0.25, 0.3) is 0 Å². The normalized spacial score (nSPS) is 53.0. The lowest BCUT2D eigenvalue weighted by molar-refractivity contribution is -0.211. The van der Waals surface area contributed by atoms with Crippen molar-refractivity contribution in [3.63, 3.8) is 0 Å². The minimum absolute atomic E-state index is 0.0377. The summed E-state index contributed by atoms with van der Waals surface area (Å²) in [6.45, 7) is 12.5. The lowest BCUT2D eigenvalue weighted by atomic mass is 9.41. The zero-order chi connectivity index (χ0) is 26.6. The highest BCUT2D eigenvalue weighted by Crippen LogP contribution is 2.89. The molecule has 5 aliphatic rings. The molecule has 0 bridgehead atoms. The lowest BCUT2D eigenvalue weighted by Crippen LogP contribution is -2.63. The lowest BCUT2D eigenvalue weighted by Gasteiger charge is -2.63. The molecular formula is C30H48O6. The van der Waals surface area contributed by atoms with Gasteiger partial charge in [0.1, 0.15) is 5.78 Å². The van der Waals surface area contributed by atoms with Gasteiger partial charge in [0, 0.05) is 24.2 Å². The zero-order valence-corrected chi connectivity index (χ0v) is 23.1. The summed E-state index contributed by atoms with van der Waals surface area (Å²) < 4.78 is 0. The van der Waals surface area contributed by atoms with Crippen LogP contribution in [0, 0.1) is 56.7 Å². The summed E-state index contributed by atoms with van der Waals surface area (Å²) >= 11 is 0. The highest BCUT2D eigenvalue weighted by atomic mass is 16.4. The van der Waals surface area contributed by atoms with E-state index >= 15 is 0 Å². The van der Waals surface area contributed by atoms with Gasteiger partial charge in [-0.3, -0.25) is 9.59 Å². The van der Waals surface area contributed by atoms with Crippen molar-refractivity contribution >= 4 is 11.8 Å². The minimum atomic E-state index is -1.21. The van der Waals surface area contributed by atoms with Crippen molar-refractivity contribution in [2.75, 3.05) is 0 Å². The first-order valence-electron chi connectivity index (χ1n) is 14.4. The average Bonchev–Trinajstić information content (AvgIpc) is 3.42. The van der Waals surface area contributed by atoms with Crippen LogP contribution in [0.4, 0.5) is 0 Å². The Balaban J connectivity index is 1.45. The van der Waals surface area contributed by atoms with Gasteiger partial charge in [0.05, 0.1) is 23.7 Å². The SMILES string of the molecule is CC(C)C(=O)C[C@@H](O)[C@@H](C)[C@H]1CC[C@@]2(C)[C@@H]3CC[C@H]4[C@](C)(C(=O)O)[C@@H](O)C[C@H](O)[C@@]45C[C@@]35CC[C@]12C. The maximum atomic E-state index is 12.5. The second kappa shape index (κ2) is 8.02. The van der Waals surface area contributed by atoms with Crippen molar-refractivity contribution in [1.29, 1.82) is 0 Å². The predicted octanol–water partition coefficient (Wildman–Crippen LogP) is 4.43. The molecule has 6 heteroatoms. The molecule has 4 N–H and O–H groups in total. The highest BCUT2D eigenvalue weighted by molar-refractivity contribution is 5.80. The van der Waals surface area contributed by atoms with E-state index in [0.29, 0.717) is 11.8 Å². The van der Waals surface area contributed by atoms with Crippen LogP contribution in [-0.2, 0) is 9.59 Å². The van der Waals surface area contributed by atoms with Gasteiger partial charge in [-0.1, -0.05) is 34.6 Å². The van der Waals surface area contributed by atoms with E-state index < -0.39 is 35.1 Å². The summed E-state index contributed by atoms with van der Waals surface area (Å²) in [6.07, 6.45) is 4.73. The average molecular weight is 505 g/mol. The number of carboxylic acids is 1. The van der Waals surface area contributed by atoms with Crippen LogP contribution in [0.2, 0.25) is 0 Å². The Hall–Kier alpha value is -0.980. The first-order chi connectivity index (χ1) is 16.6. The van der Waals surface area contributed by atoms with Crippen LogP contribution in [0.25, 0.3) is 0 Å². The number of carboxylic acid groups (broad SMARTS) is 1. The van der Waals surface area contributed by atoms with Crippen molar-refractivity contribution < 1.29 is 30.0 Å². The largest absolute Gasteiger partial charge is 0.481 e. The van der Waals surface area contributed by atoms with E-state index in [0.717, 1.165) is 44.9 Å². The Labute approximate surface area is 216 Å². The van der Waals surface area contributed by atoms with Gasteiger partial charge < -0.3 is 20.4 Å². The van der Waals surface area contributed by atoms with Gasteiger partial charge in [-0.05, 0) is 91.8 Å². The fourth-order valence-corrected chi connectivity index (χ4v) is 11.1. The summed E-state index contributed by atoms with van der Waals surface area (Å²) in [7, 11) is 0. The van der Waals surface area contributed by atoms with E-state index in [1.807, 2.05) is 13.8 Å². The molecule has 5 saturated carbocycles. The number of hydrogen-bond donors (Lipinski definition) is 4. The maximum Gasteiger partial charge on any atom is 0.312 e. The third kappa shape index (κ3) is 2.96. The van der Waals surface area contributed by atoms with Crippen molar-refractivity contribution in [3.8, 4) is 0 Å². The number of aliphatic hydroxyl groups excluding tert-OH is 3. The van der Waals surface area contributed by atoms with Gasteiger partial charge in [0.15, 0.2) is 0 Å². The quantitative estimate of drug-likeness (QED) is 0.425. The molecule has 0 aromatic heterocycles. The van der Waals surface area contributed by atoms with Crippen LogP contribution in [0.1, 0.15) is 99.3 Å². The molecule has 12 atom stereocenters. The van der Waals surface area contributed by atoms with Crippen LogP contribution in [0.15, 0.2) is 0 Å². The van der Waals surface area contributed by atoms with Crippen molar-refractivity contribution in [1.82, 2.24) is 0 Å². The van der Waals surface area contributed by atoms with Crippen LogP contribution in [0.3, 0.4) is 0 Å². The van der Waals surface area contributed by atoms with Gasteiger partial charge in [0.2, 0.25) is 0 Å². The fraction of sp³-hybridized carbons (Fsp3) is 0.933. The number of carbonyl (C=O) groups excluding carboxylic acids is 1.